The Balaban J connectivity index is 1.48. The molecule has 4 rings (SSSR count). The summed E-state index contributed by atoms with van der Waals surface area (Å²) < 4.78 is 14.9. The van der Waals surface area contributed by atoms with E-state index < -0.39 is 0 Å². The van der Waals surface area contributed by atoms with Crippen molar-refractivity contribution in [3.05, 3.63) is 83.8 Å². The normalized spacial score (nSPS) is 11.3. The van der Waals surface area contributed by atoms with Gasteiger partial charge in [-0.2, -0.15) is 0 Å². The Labute approximate surface area is 153 Å². The number of thiazole rings is 1. The summed E-state index contributed by atoms with van der Waals surface area (Å²) in [4.78, 5) is 17.6. The summed E-state index contributed by atoms with van der Waals surface area (Å²) in [6.45, 7) is 0. The van der Waals surface area contributed by atoms with Crippen molar-refractivity contribution in [1.82, 2.24) is 9.38 Å². The van der Waals surface area contributed by atoms with E-state index in [2.05, 4.69) is 10.3 Å². The molecule has 26 heavy (non-hydrogen) atoms. The Morgan fingerprint density at radius 2 is 2.04 bits per heavy atom. The smallest absolute Gasteiger partial charge is 0.248 e. The van der Waals surface area contributed by atoms with Gasteiger partial charge in [0.1, 0.15) is 5.82 Å². The van der Waals surface area contributed by atoms with Crippen molar-refractivity contribution in [1.29, 1.82) is 0 Å². The van der Waals surface area contributed by atoms with Crippen LogP contribution in [0.4, 0.5) is 10.1 Å². The van der Waals surface area contributed by atoms with Crippen LogP contribution in [0, 0.1) is 5.82 Å². The van der Waals surface area contributed by atoms with Crippen molar-refractivity contribution in [3.8, 4) is 11.3 Å². The third-order valence-electron chi connectivity index (χ3n) is 3.82. The van der Waals surface area contributed by atoms with Gasteiger partial charge in [-0.3, -0.25) is 9.20 Å². The molecule has 0 fully saturated rings. The van der Waals surface area contributed by atoms with Crippen molar-refractivity contribution in [2.45, 2.75) is 0 Å². The molecule has 2 heterocycles. The average molecular weight is 363 g/mol. The number of fused-ring (bicyclic) bond motifs is 1. The quantitative estimate of drug-likeness (QED) is 0.527. The largest absolute Gasteiger partial charge is 0.322 e. The number of benzene rings is 2. The first-order chi connectivity index (χ1) is 12.7. The number of aromatic nitrogens is 2. The maximum Gasteiger partial charge on any atom is 0.248 e. The van der Waals surface area contributed by atoms with Gasteiger partial charge in [-0.05, 0) is 35.9 Å². The maximum absolute atomic E-state index is 12.9. The molecule has 0 spiro atoms. The fourth-order valence-corrected chi connectivity index (χ4v) is 3.25. The van der Waals surface area contributed by atoms with Crippen molar-refractivity contribution in [3.63, 3.8) is 0 Å². The standard InChI is InChI=1S/C20H14FN3OS/c21-16-7-4-14(5-8-16)6-9-19(25)22-17-3-1-2-15(12-17)18-13-24-10-11-26-20(24)23-18/h1-13H,(H,22,25)/b9-6+. The van der Waals surface area contributed by atoms with Gasteiger partial charge < -0.3 is 5.32 Å². The first-order valence-electron chi connectivity index (χ1n) is 7.95. The van der Waals surface area contributed by atoms with E-state index in [0.717, 1.165) is 21.8 Å². The lowest BCUT2D eigenvalue weighted by Crippen LogP contribution is -2.07. The van der Waals surface area contributed by atoms with Gasteiger partial charge >= 0.3 is 0 Å². The van der Waals surface area contributed by atoms with Gasteiger partial charge in [-0.15, -0.1) is 11.3 Å². The van der Waals surface area contributed by atoms with E-state index >= 15 is 0 Å². The lowest BCUT2D eigenvalue weighted by atomic mass is 10.1. The summed E-state index contributed by atoms with van der Waals surface area (Å²) in [6.07, 6.45) is 6.98. The molecule has 1 amide bonds. The second-order valence-electron chi connectivity index (χ2n) is 5.67. The van der Waals surface area contributed by atoms with Crippen LogP contribution in [0.15, 0.2) is 72.4 Å². The second-order valence-corrected chi connectivity index (χ2v) is 6.55. The molecule has 0 aliphatic heterocycles. The highest BCUT2D eigenvalue weighted by Gasteiger charge is 2.06. The van der Waals surface area contributed by atoms with Crippen LogP contribution in [0.2, 0.25) is 0 Å². The minimum atomic E-state index is -0.303. The first kappa shape index (κ1) is 16.2. The number of hydrogen-bond acceptors (Lipinski definition) is 3. The van der Waals surface area contributed by atoms with E-state index in [1.165, 1.54) is 18.2 Å². The lowest BCUT2D eigenvalue weighted by Gasteiger charge is -2.04. The number of hydrogen-bond donors (Lipinski definition) is 1. The van der Waals surface area contributed by atoms with E-state index in [1.807, 2.05) is 46.4 Å². The maximum atomic E-state index is 12.9. The summed E-state index contributed by atoms with van der Waals surface area (Å²) in [5.74, 6) is -0.556. The first-order valence-corrected chi connectivity index (χ1v) is 8.83. The fraction of sp³-hybridized carbons (Fsp3) is 0. The van der Waals surface area contributed by atoms with Crippen molar-refractivity contribution in [2.75, 3.05) is 5.32 Å². The molecule has 0 aliphatic carbocycles. The van der Waals surface area contributed by atoms with Gasteiger partial charge in [-0.1, -0.05) is 24.3 Å². The number of nitrogens with one attached hydrogen (secondary N) is 1. The highest BCUT2D eigenvalue weighted by atomic mass is 32.1. The number of imidazole rings is 1. The molecule has 0 saturated heterocycles. The van der Waals surface area contributed by atoms with Crippen LogP contribution in [-0.2, 0) is 4.79 Å². The molecule has 0 radical (unpaired) electrons. The highest BCUT2D eigenvalue weighted by Crippen LogP contribution is 2.24. The second kappa shape index (κ2) is 6.93. The molecule has 0 saturated carbocycles. The fourth-order valence-electron chi connectivity index (χ4n) is 2.55. The molecule has 0 bridgehead atoms. The van der Waals surface area contributed by atoms with Gasteiger partial charge in [0.2, 0.25) is 5.91 Å². The van der Waals surface area contributed by atoms with Gasteiger partial charge in [0.15, 0.2) is 4.96 Å². The molecule has 1 N–H and O–H groups in total. The van der Waals surface area contributed by atoms with Crippen molar-refractivity contribution >= 4 is 34.0 Å². The summed E-state index contributed by atoms with van der Waals surface area (Å²) in [5, 5.41) is 4.81. The van der Waals surface area contributed by atoms with Crippen LogP contribution < -0.4 is 5.32 Å². The lowest BCUT2D eigenvalue weighted by molar-refractivity contribution is -0.111. The van der Waals surface area contributed by atoms with Gasteiger partial charge in [0.05, 0.1) is 5.69 Å². The third-order valence-corrected chi connectivity index (χ3v) is 4.59. The molecule has 4 nitrogen and oxygen atoms in total. The molecular formula is C20H14FN3OS. The summed E-state index contributed by atoms with van der Waals surface area (Å²) >= 11 is 1.57. The molecule has 0 atom stereocenters. The molecule has 2 aromatic carbocycles. The summed E-state index contributed by atoms with van der Waals surface area (Å²) in [5.41, 5.74) is 3.23. The molecular weight excluding hydrogens is 349 g/mol. The molecule has 0 aliphatic rings. The monoisotopic (exact) mass is 363 g/mol. The third kappa shape index (κ3) is 3.55. The number of amides is 1. The molecule has 2 aromatic heterocycles. The average Bonchev–Trinajstić information content (AvgIpc) is 3.23. The number of carbonyl (C=O) groups excluding carboxylic acids is 1. The number of nitrogens with zero attached hydrogens (tertiary/aromatic N) is 2. The van der Waals surface area contributed by atoms with Gasteiger partial charge in [0, 0.05) is 35.1 Å². The Bertz CT molecular complexity index is 1070. The topological polar surface area (TPSA) is 46.4 Å². The van der Waals surface area contributed by atoms with Crippen molar-refractivity contribution < 1.29 is 9.18 Å². The van der Waals surface area contributed by atoms with E-state index in [9.17, 15) is 9.18 Å². The number of halogens is 1. The van der Waals surface area contributed by atoms with E-state index in [-0.39, 0.29) is 11.7 Å². The molecule has 0 unspecified atom stereocenters. The molecule has 128 valence electrons. The highest BCUT2D eigenvalue weighted by molar-refractivity contribution is 7.15. The zero-order chi connectivity index (χ0) is 17.9. The molecule has 4 aromatic rings. The SMILES string of the molecule is O=C(/C=C/c1ccc(F)cc1)Nc1cccc(-c2cn3ccsc3n2)c1. The Kier molecular flexibility index (Phi) is 4.33. The summed E-state index contributed by atoms with van der Waals surface area (Å²) in [7, 11) is 0. The van der Waals surface area contributed by atoms with E-state index in [4.69, 9.17) is 0 Å². The minimum absolute atomic E-state index is 0.253. The van der Waals surface area contributed by atoms with Crippen LogP contribution in [-0.4, -0.2) is 15.3 Å². The Morgan fingerprint density at radius 1 is 1.19 bits per heavy atom. The van der Waals surface area contributed by atoms with Crippen LogP contribution in [0.5, 0.6) is 0 Å². The zero-order valence-electron chi connectivity index (χ0n) is 13.6. The van der Waals surface area contributed by atoms with Crippen LogP contribution in [0.25, 0.3) is 22.3 Å². The molecule has 6 heteroatoms. The predicted octanol–water partition coefficient (Wildman–Crippen LogP) is 4.85. The van der Waals surface area contributed by atoms with Crippen LogP contribution >= 0.6 is 11.3 Å². The van der Waals surface area contributed by atoms with Crippen LogP contribution in [0.1, 0.15) is 5.56 Å². The van der Waals surface area contributed by atoms with E-state index in [1.54, 1.807) is 29.5 Å². The van der Waals surface area contributed by atoms with Gasteiger partial charge in [-0.25, -0.2) is 9.37 Å². The van der Waals surface area contributed by atoms with Crippen LogP contribution in [0.3, 0.4) is 0 Å². The Morgan fingerprint density at radius 3 is 2.85 bits per heavy atom. The predicted molar refractivity (Wildman–Crippen MR) is 103 cm³/mol. The zero-order valence-corrected chi connectivity index (χ0v) is 14.4. The number of rotatable bonds is 4. The van der Waals surface area contributed by atoms with E-state index in [0.29, 0.717) is 5.69 Å². The summed E-state index contributed by atoms with van der Waals surface area (Å²) in [6, 6.07) is 13.5. The number of carbonyl (C=O) groups is 1. The minimum Gasteiger partial charge on any atom is -0.322 e. The Hall–Kier alpha value is -3.25. The van der Waals surface area contributed by atoms with Crippen molar-refractivity contribution in [2.24, 2.45) is 0 Å². The van der Waals surface area contributed by atoms with Gasteiger partial charge in [0.25, 0.3) is 0 Å². The number of anilines is 1.